The van der Waals surface area contributed by atoms with Crippen molar-refractivity contribution in [3.05, 3.63) is 34.6 Å². The number of carbonyl (C=O) groups excluding carboxylic acids is 2. The Labute approximate surface area is 92.0 Å². The Morgan fingerprint density at radius 2 is 1.44 bits per heavy atom. The van der Waals surface area contributed by atoms with Crippen LogP contribution in [0.1, 0.15) is 26.3 Å². The van der Waals surface area contributed by atoms with Crippen LogP contribution in [0.3, 0.4) is 0 Å². The average Bonchev–Trinajstić information content (AvgIpc) is 2.29. The molecule has 0 atom stereocenters. The summed E-state index contributed by atoms with van der Waals surface area (Å²) in [5, 5.41) is 0. The third-order valence-corrected chi connectivity index (χ3v) is 2.18. The maximum absolute atomic E-state index is 13.2. The molecule has 1 aromatic carbocycles. The predicted molar refractivity (Wildman–Crippen MR) is 53.8 cm³/mol. The first-order valence-electron chi connectivity index (χ1n) is 4.48. The zero-order chi connectivity index (χ0) is 12.3. The summed E-state index contributed by atoms with van der Waals surface area (Å²) in [6.45, 7) is 1.53. The number of methoxy groups -OCH3 is 2. The van der Waals surface area contributed by atoms with E-state index in [-0.39, 0.29) is 11.1 Å². The van der Waals surface area contributed by atoms with E-state index in [1.54, 1.807) is 0 Å². The first-order valence-corrected chi connectivity index (χ1v) is 4.48. The van der Waals surface area contributed by atoms with Crippen LogP contribution in [-0.2, 0) is 9.47 Å². The van der Waals surface area contributed by atoms with Gasteiger partial charge < -0.3 is 9.47 Å². The van der Waals surface area contributed by atoms with E-state index in [9.17, 15) is 14.0 Å². The minimum atomic E-state index is -0.692. The van der Waals surface area contributed by atoms with Gasteiger partial charge in [0.15, 0.2) is 0 Å². The van der Waals surface area contributed by atoms with Crippen LogP contribution in [-0.4, -0.2) is 26.2 Å². The minimum absolute atomic E-state index is 0.0166. The summed E-state index contributed by atoms with van der Waals surface area (Å²) >= 11 is 0. The number of rotatable bonds is 2. The molecule has 0 aliphatic rings. The van der Waals surface area contributed by atoms with Gasteiger partial charge in [-0.15, -0.1) is 0 Å². The molecule has 0 bridgehead atoms. The standard InChI is InChI=1S/C11H11FO4/c1-6-8(10(13)15-2)4-7(12)5-9(6)11(14)16-3/h4-5H,1-3H3. The van der Waals surface area contributed by atoms with E-state index in [0.717, 1.165) is 12.1 Å². The van der Waals surface area contributed by atoms with Gasteiger partial charge in [0, 0.05) is 0 Å². The molecule has 0 saturated heterocycles. The third kappa shape index (κ3) is 2.18. The van der Waals surface area contributed by atoms with Crippen LogP contribution in [0.4, 0.5) is 4.39 Å². The summed E-state index contributed by atoms with van der Waals surface area (Å²) < 4.78 is 22.2. The van der Waals surface area contributed by atoms with Crippen molar-refractivity contribution in [2.24, 2.45) is 0 Å². The van der Waals surface area contributed by atoms with E-state index in [1.807, 2.05) is 0 Å². The largest absolute Gasteiger partial charge is 0.465 e. The van der Waals surface area contributed by atoms with Crippen molar-refractivity contribution in [3.63, 3.8) is 0 Å². The molecule has 0 aromatic heterocycles. The van der Waals surface area contributed by atoms with Gasteiger partial charge in [-0.1, -0.05) is 0 Å². The Bertz CT molecular complexity index is 403. The number of carbonyl (C=O) groups is 2. The van der Waals surface area contributed by atoms with E-state index in [2.05, 4.69) is 9.47 Å². The Morgan fingerprint density at radius 1 is 1.06 bits per heavy atom. The number of hydrogen-bond donors (Lipinski definition) is 0. The summed E-state index contributed by atoms with van der Waals surface area (Å²) in [4.78, 5) is 22.6. The molecule has 0 heterocycles. The van der Waals surface area contributed by atoms with Crippen molar-refractivity contribution in [2.45, 2.75) is 6.92 Å². The highest BCUT2D eigenvalue weighted by atomic mass is 19.1. The summed E-state index contributed by atoms with van der Waals surface area (Å²) in [6, 6.07) is 2.04. The van der Waals surface area contributed by atoms with Gasteiger partial charge in [-0.05, 0) is 24.6 Å². The Morgan fingerprint density at radius 3 is 1.75 bits per heavy atom. The molecule has 0 radical (unpaired) electrons. The van der Waals surface area contributed by atoms with Crippen molar-refractivity contribution < 1.29 is 23.5 Å². The molecule has 0 aliphatic heterocycles. The van der Waals surface area contributed by atoms with E-state index < -0.39 is 17.8 Å². The summed E-state index contributed by atoms with van der Waals surface area (Å²) in [7, 11) is 2.37. The lowest BCUT2D eigenvalue weighted by atomic mass is 10.0. The summed E-state index contributed by atoms with van der Waals surface area (Å²) in [6.07, 6.45) is 0. The normalized spacial score (nSPS) is 9.75. The molecule has 16 heavy (non-hydrogen) atoms. The van der Waals surface area contributed by atoms with Crippen molar-refractivity contribution in [1.29, 1.82) is 0 Å². The average molecular weight is 226 g/mol. The lowest BCUT2D eigenvalue weighted by Gasteiger charge is -2.08. The Kier molecular flexibility index (Phi) is 3.60. The monoisotopic (exact) mass is 226 g/mol. The van der Waals surface area contributed by atoms with Gasteiger partial charge in [-0.2, -0.15) is 0 Å². The molecule has 0 aliphatic carbocycles. The summed E-state index contributed by atoms with van der Waals surface area (Å²) in [5.74, 6) is -2.07. The van der Waals surface area contributed by atoms with Crippen molar-refractivity contribution >= 4 is 11.9 Å². The molecule has 5 heteroatoms. The smallest absolute Gasteiger partial charge is 0.338 e. The van der Waals surface area contributed by atoms with Gasteiger partial charge in [0.2, 0.25) is 0 Å². The lowest BCUT2D eigenvalue weighted by molar-refractivity contribution is 0.0596. The third-order valence-electron chi connectivity index (χ3n) is 2.18. The van der Waals surface area contributed by atoms with E-state index in [0.29, 0.717) is 5.56 Å². The van der Waals surface area contributed by atoms with Crippen molar-refractivity contribution in [2.75, 3.05) is 14.2 Å². The second kappa shape index (κ2) is 4.74. The van der Waals surface area contributed by atoms with Gasteiger partial charge >= 0.3 is 11.9 Å². The minimum Gasteiger partial charge on any atom is -0.465 e. The van der Waals surface area contributed by atoms with Crippen LogP contribution in [0, 0.1) is 12.7 Å². The molecule has 1 aromatic rings. The van der Waals surface area contributed by atoms with Crippen LogP contribution < -0.4 is 0 Å². The molecular weight excluding hydrogens is 215 g/mol. The molecule has 1 rings (SSSR count). The van der Waals surface area contributed by atoms with E-state index in [1.165, 1.54) is 21.1 Å². The van der Waals surface area contributed by atoms with Crippen molar-refractivity contribution in [3.8, 4) is 0 Å². The topological polar surface area (TPSA) is 52.6 Å². The second-order valence-corrected chi connectivity index (χ2v) is 3.11. The molecule has 0 spiro atoms. The quantitative estimate of drug-likeness (QED) is 0.720. The van der Waals surface area contributed by atoms with Crippen molar-refractivity contribution in [1.82, 2.24) is 0 Å². The number of ether oxygens (including phenoxy) is 2. The SMILES string of the molecule is COC(=O)c1cc(F)cc(C(=O)OC)c1C. The van der Waals surface area contributed by atoms with Gasteiger partial charge in [0.1, 0.15) is 5.82 Å². The zero-order valence-electron chi connectivity index (χ0n) is 9.17. The van der Waals surface area contributed by atoms with Crippen LogP contribution in [0.2, 0.25) is 0 Å². The second-order valence-electron chi connectivity index (χ2n) is 3.11. The molecule has 0 unspecified atom stereocenters. The number of hydrogen-bond acceptors (Lipinski definition) is 4. The van der Waals surface area contributed by atoms with Crippen LogP contribution in [0.15, 0.2) is 12.1 Å². The van der Waals surface area contributed by atoms with Gasteiger partial charge in [0.25, 0.3) is 0 Å². The van der Waals surface area contributed by atoms with Gasteiger partial charge in [-0.25, -0.2) is 14.0 Å². The molecule has 0 N–H and O–H groups in total. The molecular formula is C11H11FO4. The lowest BCUT2D eigenvalue weighted by Crippen LogP contribution is -2.11. The Hall–Kier alpha value is -1.91. The number of halogens is 1. The molecule has 86 valence electrons. The van der Waals surface area contributed by atoms with E-state index >= 15 is 0 Å². The zero-order valence-corrected chi connectivity index (χ0v) is 9.17. The van der Waals surface area contributed by atoms with Gasteiger partial charge in [0.05, 0.1) is 25.3 Å². The Balaban J connectivity index is 3.37. The fraction of sp³-hybridized carbons (Fsp3) is 0.273. The fourth-order valence-corrected chi connectivity index (χ4v) is 1.32. The highest BCUT2D eigenvalue weighted by Gasteiger charge is 2.18. The molecule has 0 saturated carbocycles. The number of benzene rings is 1. The molecule has 0 fully saturated rings. The predicted octanol–water partition coefficient (Wildman–Crippen LogP) is 1.71. The first-order chi connectivity index (χ1) is 7.51. The first kappa shape index (κ1) is 12.2. The van der Waals surface area contributed by atoms with Crippen LogP contribution in [0.5, 0.6) is 0 Å². The van der Waals surface area contributed by atoms with E-state index in [4.69, 9.17) is 0 Å². The van der Waals surface area contributed by atoms with Crippen LogP contribution in [0.25, 0.3) is 0 Å². The molecule has 0 amide bonds. The fourth-order valence-electron chi connectivity index (χ4n) is 1.32. The highest BCUT2D eigenvalue weighted by Crippen LogP contribution is 2.18. The summed E-state index contributed by atoms with van der Waals surface area (Å²) in [5.41, 5.74) is 0.367. The van der Waals surface area contributed by atoms with Crippen LogP contribution >= 0.6 is 0 Å². The van der Waals surface area contributed by atoms with Gasteiger partial charge in [-0.3, -0.25) is 0 Å². The highest BCUT2D eigenvalue weighted by molar-refractivity contribution is 5.97. The number of esters is 2. The molecule has 4 nitrogen and oxygen atoms in total. The maximum atomic E-state index is 13.2. The maximum Gasteiger partial charge on any atom is 0.338 e.